The standard InChI is InChI=1S/C32H39N3O4S/c1-24-13-17-27(18-14-24)22-35(31(36)23-34(3)40(38,39)29-19-15-25(2)16-20-29)30(21-26-9-5-4-6-10-26)32(37)33-28-11-7-8-12-28/h4-6,9-10,13-20,28,30H,7-8,11-12,21-23H2,1-3H3,(H,33,37). The van der Waals surface area contributed by atoms with Crippen LogP contribution >= 0.6 is 0 Å². The van der Waals surface area contributed by atoms with Crippen molar-refractivity contribution in [2.45, 2.75) is 69.5 Å². The summed E-state index contributed by atoms with van der Waals surface area (Å²) in [6, 6.07) is 23.3. The van der Waals surface area contributed by atoms with Crippen molar-refractivity contribution < 1.29 is 18.0 Å². The van der Waals surface area contributed by atoms with Crippen molar-refractivity contribution in [2.24, 2.45) is 0 Å². The number of rotatable bonds is 11. The molecule has 0 bridgehead atoms. The number of carbonyl (C=O) groups excluding carboxylic acids is 2. The van der Waals surface area contributed by atoms with Crippen LogP contribution in [0.5, 0.6) is 0 Å². The third kappa shape index (κ3) is 7.58. The summed E-state index contributed by atoms with van der Waals surface area (Å²) in [4.78, 5) is 29.4. The Morgan fingerprint density at radius 3 is 2.02 bits per heavy atom. The van der Waals surface area contributed by atoms with Crippen LogP contribution in [-0.2, 0) is 32.6 Å². The number of sulfonamides is 1. The van der Waals surface area contributed by atoms with E-state index in [1.807, 2.05) is 68.4 Å². The van der Waals surface area contributed by atoms with Crippen LogP contribution in [0, 0.1) is 13.8 Å². The quantitative estimate of drug-likeness (QED) is 0.370. The number of aryl methyl sites for hydroxylation is 2. The number of amides is 2. The largest absolute Gasteiger partial charge is 0.352 e. The van der Waals surface area contributed by atoms with Gasteiger partial charge in [-0.05, 0) is 49.9 Å². The monoisotopic (exact) mass is 561 g/mol. The molecule has 8 heteroatoms. The number of carbonyl (C=O) groups is 2. The van der Waals surface area contributed by atoms with Crippen LogP contribution in [0.1, 0.15) is 47.9 Å². The van der Waals surface area contributed by atoms with Gasteiger partial charge in [0, 0.05) is 26.1 Å². The van der Waals surface area contributed by atoms with E-state index in [0.717, 1.165) is 52.2 Å². The molecular formula is C32H39N3O4S. The predicted octanol–water partition coefficient (Wildman–Crippen LogP) is 4.62. The molecule has 3 aromatic carbocycles. The minimum atomic E-state index is -3.90. The highest BCUT2D eigenvalue weighted by Gasteiger charge is 2.34. The summed E-state index contributed by atoms with van der Waals surface area (Å²) in [5.74, 6) is -0.637. The van der Waals surface area contributed by atoms with Crippen molar-refractivity contribution in [3.63, 3.8) is 0 Å². The van der Waals surface area contributed by atoms with Crippen molar-refractivity contribution in [1.29, 1.82) is 0 Å². The van der Waals surface area contributed by atoms with Crippen LogP contribution in [0.4, 0.5) is 0 Å². The van der Waals surface area contributed by atoms with Crippen molar-refractivity contribution in [3.8, 4) is 0 Å². The summed E-state index contributed by atoms with van der Waals surface area (Å²) < 4.78 is 27.7. The maximum absolute atomic E-state index is 14.0. The molecule has 1 atom stereocenters. The third-order valence-electron chi connectivity index (χ3n) is 7.53. The van der Waals surface area contributed by atoms with E-state index in [0.29, 0.717) is 6.42 Å². The van der Waals surface area contributed by atoms with Gasteiger partial charge in [0.25, 0.3) is 0 Å². The van der Waals surface area contributed by atoms with E-state index in [2.05, 4.69) is 5.32 Å². The molecule has 0 heterocycles. The lowest BCUT2D eigenvalue weighted by Crippen LogP contribution is -2.54. The Labute approximate surface area is 238 Å². The molecule has 1 aliphatic rings. The smallest absolute Gasteiger partial charge is 0.243 e. The molecule has 40 heavy (non-hydrogen) atoms. The predicted molar refractivity (Wildman–Crippen MR) is 157 cm³/mol. The number of hydrogen-bond acceptors (Lipinski definition) is 4. The molecule has 0 aliphatic heterocycles. The van der Waals surface area contributed by atoms with Crippen LogP contribution in [0.2, 0.25) is 0 Å². The van der Waals surface area contributed by atoms with E-state index in [4.69, 9.17) is 0 Å². The second-order valence-corrected chi connectivity index (χ2v) is 12.8. The average Bonchev–Trinajstić information content (AvgIpc) is 3.45. The molecule has 0 spiro atoms. The van der Waals surface area contributed by atoms with Gasteiger partial charge in [-0.3, -0.25) is 9.59 Å². The van der Waals surface area contributed by atoms with Gasteiger partial charge in [-0.1, -0.05) is 90.7 Å². The van der Waals surface area contributed by atoms with Crippen LogP contribution in [-0.4, -0.2) is 55.1 Å². The number of benzene rings is 3. The molecule has 1 saturated carbocycles. The van der Waals surface area contributed by atoms with Gasteiger partial charge >= 0.3 is 0 Å². The molecule has 212 valence electrons. The molecule has 1 N–H and O–H groups in total. The van der Waals surface area contributed by atoms with Gasteiger partial charge < -0.3 is 10.2 Å². The number of likely N-dealkylation sites (N-methyl/N-ethyl adjacent to an activating group) is 1. The molecule has 2 amide bonds. The molecule has 0 radical (unpaired) electrons. The van der Waals surface area contributed by atoms with Gasteiger partial charge in [0.1, 0.15) is 6.04 Å². The first-order valence-electron chi connectivity index (χ1n) is 13.9. The van der Waals surface area contributed by atoms with Gasteiger partial charge in [-0.25, -0.2) is 8.42 Å². The topological polar surface area (TPSA) is 86.8 Å². The third-order valence-corrected chi connectivity index (χ3v) is 9.35. The zero-order chi connectivity index (χ0) is 28.7. The maximum atomic E-state index is 14.0. The second-order valence-electron chi connectivity index (χ2n) is 10.8. The molecule has 1 aliphatic carbocycles. The van der Waals surface area contributed by atoms with E-state index < -0.39 is 22.0 Å². The van der Waals surface area contributed by atoms with Gasteiger partial charge in [-0.2, -0.15) is 4.31 Å². The van der Waals surface area contributed by atoms with Crippen molar-refractivity contribution in [2.75, 3.05) is 13.6 Å². The van der Waals surface area contributed by atoms with E-state index in [9.17, 15) is 18.0 Å². The van der Waals surface area contributed by atoms with Crippen LogP contribution in [0.3, 0.4) is 0 Å². The van der Waals surface area contributed by atoms with Crippen molar-refractivity contribution in [1.82, 2.24) is 14.5 Å². The summed E-state index contributed by atoms with van der Waals surface area (Å²) in [5, 5.41) is 3.18. The highest BCUT2D eigenvalue weighted by atomic mass is 32.2. The number of nitrogens with zero attached hydrogens (tertiary/aromatic N) is 2. The number of hydrogen-bond donors (Lipinski definition) is 1. The van der Waals surface area contributed by atoms with Crippen LogP contribution in [0.15, 0.2) is 83.8 Å². The van der Waals surface area contributed by atoms with Crippen molar-refractivity contribution >= 4 is 21.8 Å². The Morgan fingerprint density at radius 2 is 1.43 bits per heavy atom. The summed E-state index contributed by atoms with van der Waals surface area (Å²) >= 11 is 0. The molecule has 0 aromatic heterocycles. The molecule has 3 aromatic rings. The Kier molecular flexibility index (Phi) is 9.76. The lowest BCUT2D eigenvalue weighted by molar-refractivity contribution is -0.141. The first kappa shape index (κ1) is 29.5. The molecule has 1 unspecified atom stereocenters. The minimum absolute atomic E-state index is 0.0895. The maximum Gasteiger partial charge on any atom is 0.243 e. The molecule has 4 rings (SSSR count). The average molecular weight is 562 g/mol. The van der Waals surface area contributed by atoms with Gasteiger partial charge in [0.2, 0.25) is 21.8 Å². The SMILES string of the molecule is Cc1ccc(CN(C(=O)CN(C)S(=O)(=O)c2ccc(C)cc2)C(Cc2ccccc2)C(=O)NC2CCCC2)cc1. The van der Waals surface area contributed by atoms with Crippen LogP contribution in [0.25, 0.3) is 0 Å². The summed E-state index contributed by atoms with van der Waals surface area (Å²) in [6.45, 7) is 3.68. The zero-order valence-electron chi connectivity index (χ0n) is 23.5. The molecule has 1 fully saturated rings. The first-order chi connectivity index (χ1) is 19.1. The molecular weight excluding hydrogens is 522 g/mol. The summed E-state index contributed by atoms with van der Waals surface area (Å²) in [6.07, 6.45) is 4.32. The van der Waals surface area contributed by atoms with Gasteiger partial charge in [0.05, 0.1) is 11.4 Å². The fourth-order valence-electron chi connectivity index (χ4n) is 5.07. The van der Waals surface area contributed by atoms with E-state index in [1.54, 1.807) is 29.2 Å². The highest BCUT2D eigenvalue weighted by molar-refractivity contribution is 7.89. The van der Waals surface area contributed by atoms with E-state index in [-0.39, 0.29) is 29.9 Å². The lowest BCUT2D eigenvalue weighted by Gasteiger charge is -2.33. The highest BCUT2D eigenvalue weighted by Crippen LogP contribution is 2.21. The fourth-order valence-corrected chi connectivity index (χ4v) is 6.19. The Hall–Kier alpha value is -3.49. The molecule has 7 nitrogen and oxygen atoms in total. The van der Waals surface area contributed by atoms with E-state index >= 15 is 0 Å². The summed E-state index contributed by atoms with van der Waals surface area (Å²) in [7, 11) is -2.50. The minimum Gasteiger partial charge on any atom is -0.352 e. The van der Waals surface area contributed by atoms with Crippen molar-refractivity contribution in [3.05, 3.63) is 101 Å². The Bertz CT molecular complexity index is 1380. The molecule has 0 saturated heterocycles. The number of nitrogens with one attached hydrogen (secondary N) is 1. The Balaban J connectivity index is 1.65. The summed E-state index contributed by atoms with van der Waals surface area (Å²) in [5.41, 5.74) is 3.83. The van der Waals surface area contributed by atoms with Crippen LogP contribution < -0.4 is 5.32 Å². The fraction of sp³-hybridized carbons (Fsp3) is 0.375. The van der Waals surface area contributed by atoms with Gasteiger partial charge in [-0.15, -0.1) is 0 Å². The first-order valence-corrected chi connectivity index (χ1v) is 15.3. The van der Waals surface area contributed by atoms with Gasteiger partial charge in [0.15, 0.2) is 0 Å². The zero-order valence-corrected chi connectivity index (χ0v) is 24.4. The normalized spacial score (nSPS) is 14.7. The Morgan fingerprint density at radius 1 is 0.850 bits per heavy atom. The van der Waals surface area contributed by atoms with E-state index in [1.165, 1.54) is 7.05 Å². The lowest BCUT2D eigenvalue weighted by atomic mass is 10.0. The second kappa shape index (κ2) is 13.2.